The van der Waals surface area contributed by atoms with Crippen molar-refractivity contribution in [2.45, 2.75) is 25.2 Å². The maximum absolute atomic E-state index is 13.9. The molecule has 0 spiro atoms. The van der Waals surface area contributed by atoms with Gasteiger partial charge in [-0.25, -0.2) is 9.37 Å². The molecular formula is C19H15FN6OS. The number of aromatic amines is 1. The van der Waals surface area contributed by atoms with Crippen LogP contribution in [0, 0.1) is 11.8 Å². The van der Waals surface area contributed by atoms with E-state index in [-0.39, 0.29) is 5.82 Å². The zero-order valence-corrected chi connectivity index (χ0v) is 15.5. The van der Waals surface area contributed by atoms with Crippen LogP contribution in [0.2, 0.25) is 0 Å². The number of tetrazole rings is 1. The van der Waals surface area contributed by atoms with E-state index in [1.165, 1.54) is 30.6 Å². The molecule has 4 rings (SSSR count). The number of rotatable bonds is 4. The zero-order chi connectivity index (χ0) is 19.3. The average Bonchev–Trinajstić information content (AvgIpc) is 3.31. The first-order chi connectivity index (χ1) is 13.7. The van der Waals surface area contributed by atoms with Crippen molar-refractivity contribution in [1.29, 1.82) is 0 Å². The van der Waals surface area contributed by atoms with E-state index in [2.05, 4.69) is 48.1 Å². The van der Waals surface area contributed by atoms with Gasteiger partial charge in [0.05, 0.1) is 5.69 Å². The summed E-state index contributed by atoms with van der Waals surface area (Å²) >= 11 is 1.54. The topological polar surface area (TPSA) is 96.5 Å². The number of halogens is 1. The Labute approximate surface area is 164 Å². The van der Waals surface area contributed by atoms with Gasteiger partial charge in [-0.05, 0) is 42.2 Å². The lowest BCUT2D eigenvalue weighted by molar-refractivity contribution is -0.114. The number of aromatic nitrogens is 5. The van der Waals surface area contributed by atoms with Crippen molar-refractivity contribution < 1.29 is 9.18 Å². The maximum atomic E-state index is 13.9. The van der Waals surface area contributed by atoms with Gasteiger partial charge in [-0.1, -0.05) is 18.4 Å². The molecular weight excluding hydrogens is 379 g/mol. The Morgan fingerprint density at radius 3 is 3.00 bits per heavy atom. The van der Waals surface area contributed by atoms with E-state index in [0.29, 0.717) is 17.2 Å². The fourth-order valence-corrected chi connectivity index (χ4v) is 3.38. The molecule has 0 bridgehead atoms. The number of carbonyl (C=O) groups excluding carboxylic acids is 1. The summed E-state index contributed by atoms with van der Waals surface area (Å²) in [6.45, 7) is 0. The summed E-state index contributed by atoms with van der Waals surface area (Å²) in [5.41, 5.74) is 2.26. The van der Waals surface area contributed by atoms with Crippen molar-refractivity contribution in [3.05, 3.63) is 57.6 Å². The molecule has 2 N–H and O–H groups in total. The van der Waals surface area contributed by atoms with Crippen molar-refractivity contribution in [2.24, 2.45) is 0 Å². The molecule has 0 aliphatic heterocycles. The van der Waals surface area contributed by atoms with Crippen LogP contribution in [0.3, 0.4) is 0 Å². The number of anilines is 1. The Morgan fingerprint density at radius 2 is 2.25 bits per heavy atom. The number of thiazole rings is 1. The summed E-state index contributed by atoms with van der Waals surface area (Å²) < 4.78 is 13.9. The molecule has 1 amide bonds. The summed E-state index contributed by atoms with van der Waals surface area (Å²) in [7, 11) is 0. The molecule has 0 radical (unpaired) electrons. The highest BCUT2D eigenvalue weighted by molar-refractivity contribution is 7.10. The largest absolute Gasteiger partial charge is 0.320 e. The van der Waals surface area contributed by atoms with E-state index in [1.807, 2.05) is 6.07 Å². The smallest absolute Gasteiger partial charge is 0.284 e. The minimum absolute atomic E-state index is 0.0167. The van der Waals surface area contributed by atoms with Crippen LogP contribution in [0.1, 0.15) is 47.3 Å². The molecule has 1 saturated carbocycles. The molecule has 1 aliphatic rings. The fourth-order valence-electron chi connectivity index (χ4n) is 2.64. The Balaban J connectivity index is 1.43. The molecule has 7 nitrogen and oxygen atoms in total. The summed E-state index contributed by atoms with van der Waals surface area (Å²) in [5.74, 6) is 4.72. The summed E-state index contributed by atoms with van der Waals surface area (Å²) in [6.07, 6.45) is 4.57. The SMILES string of the molecule is O=C(Nc1cccc(C#Cc2nc(C3CCC3)cs2)c1)/C(F)=C\c1nn[nH]n1. The Morgan fingerprint density at radius 1 is 1.36 bits per heavy atom. The molecule has 0 saturated heterocycles. The van der Waals surface area contributed by atoms with Gasteiger partial charge < -0.3 is 5.32 Å². The standard InChI is InChI=1S/C19H15FN6OS/c20-15(10-17-23-25-26-24-17)19(27)21-14-6-1-3-12(9-14)7-8-18-22-16(11-28-18)13-4-2-5-13/h1,3,6,9-11,13H,2,4-5H2,(H,21,27)(H,23,24,25,26)/b15-10+. The third-order valence-corrected chi connectivity index (χ3v) is 5.09. The van der Waals surface area contributed by atoms with Crippen LogP contribution in [0.4, 0.5) is 10.1 Å². The molecule has 28 heavy (non-hydrogen) atoms. The minimum atomic E-state index is -1.02. The second kappa shape index (κ2) is 8.10. The fraction of sp³-hybridized carbons (Fsp3) is 0.211. The van der Waals surface area contributed by atoms with E-state index in [9.17, 15) is 9.18 Å². The van der Waals surface area contributed by atoms with Gasteiger partial charge in [0.25, 0.3) is 5.91 Å². The highest BCUT2D eigenvalue weighted by Crippen LogP contribution is 2.36. The van der Waals surface area contributed by atoms with Gasteiger partial charge in [-0.15, -0.1) is 21.5 Å². The normalized spacial score (nSPS) is 14.1. The highest BCUT2D eigenvalue weighted by atomic mass is 32.1. The first-order valence-electron chi connectivity index (χ1n) is 8.67. The summed E-state index contributed by atoms with van der Waals surface area (Å²) in [5, 5.41) is 17.9. The number of amides is 1. The predicted octanol–water partition coefficient (Wildman–Crippen LogP) is 3.27. The molecule has 3 aromatic rings. The monoisotopic (exact) mass is 394 g/mol. The molecule has 9 heteroatoms. The molecule has 0 atom stereocenters. The van der Waals surface area contributed by atoms with Crippen molar-refractivity contribution in [3.8, 4) is 11.8 Å². The highest BCUT2D eigenvalue weighted by Gasteiger charge is 2.21. The summed E-state index contributed by atoms with van der Waals surface area (Å²) in [6, 6.07) is 6.88. The molecule has 2 aromatic heterocycles. The van der Waals surface area contributed by atoms with Gasteiger partial charge in [-0.2, -0.15) is 5.21 Å². The van der Waals surface area contributed by atoms with Crippen LogP contribution in [0.25, 0.3) is 6.08 Å². The lowest BCUT2D eigenvalue weighted by Crippen LogP contribution is -2.12. The Hall–Kier alpha value is -3.38. The molecule has 1 aromatic carbocycles. The van der Waals surface area contributed by atoms with Gasteiger partial charge in [0.15, 0.2) is 10.8 Å². The predicted molar refractivity (Wildman–Crippen MR) is 103 cm³/mol. The van der Waals surface area contributed by atoms with E-state index in [4.69, 9.17) is 0 Å². The zero-order valence-electron chi connectivity index (χ0n) is 14.6. The molecule has 140 valence electrons. The van der Waals surface area contributed by atoms with Crippen LogP contribution in [-0.4, -0.2) is 31.5 Å². The number of nitrogens with zero attached hydrogens (tertiary/aromatic N) is 4. The van der Waals surface area contributed by atoms with E-state index in [0.717, 1.165) is 16.8 Å². The number of carbonyl (C=O) groups is 1. The van der Waals surface area contributed by atoms with Crippen molar-refractivity contribution in [1.82, 2.24) is 25.6 Å². The lowest BCUT2D eigenvalue weighted by Gasteiger charge is -2.22. The second-order valence-corrected chi connectivity index (χ2v) is 7.11. The third-order valence-electron chi connectivity index (χ3n) is 4.31. The van der Waals surface area contributed by atoms with Gasteiger partial charge in [0.2, 0.25) is 5.82 Å². The van der Waals surface area contributed by atoms with Gasteiger partial charge in [-0.3, -0.25) is 4.79 Å². The number of hydrogen-bond donors (Lipinski definition) is 2. The Bertz CT molecular complexity index is 1080. The number of H-pyrrole nitrogens is 1. The van der Waals surface area contributed by atoms with Gasteiger partial charge >= 0.3 is 0 Å². The number of hydrogen-bond acceptors (Lipinski definition) is 6. The molecule has 1 aliphatic carbocycles. The van der Waals surface area contributed by atoms with Gasteiger partial charge in [0.1, 0.15) is 0 Å². The van der Waals surface area contributed by atoms with Crippen LogP contribution in [-0.2, 0) is 4.79 Å². The second-order valence-electron chi connectivity index (χ2n) is 6.25. The van der Waals surface area contributed by atoms with Crippen molar-refractivity contribution >= 4 is 29.0 Å². The van der Waals surface area contributed by atoms with Gasteiger partial charge in [0, 0.05) is 28.6 Å². The van der Waals surface area contributed by atoms with Crippen LogP contribution in [0.5, 0.6) is 0 Å². The Kier molecular flexibility index (Phi) is 5.21. The van der Waals surface area contributed by atoms with E-state index >= 15 is 0 Å². The van der Waals surface area contributed by atoms with Crippen LogP contribution >= 0.6 is 11.3 Å². The molecule has 2 heterocycles. The average molecular weight is 394 g/mol. The lowest BCUT2D eigenvalue weighted by atomic mass is 9.83. The molecule has 1 fully saturated rings. The summed E-state index contributed by atoms with van der Waals surface area (Å²) in [4.78, 5) is 16.5. The maximum Gasteiger partial charge on any atom is 0.284 e. The minimum Gasteiger partial charge on any atom is -0.320 e. The van der Waals surface area contributed by atoms with Crippen LogP contribution in [0.15, 0.2) is 35.5 Å². The quantitative estimate of drug-likeness (QED) is 0.523. The third kappa shape index (κ3) is 4.29. The van der Waals surface area contributed by atoms with E-state index in [1.54, 1.807) is 18.2 Å². The number of benzene rings is 1. The van der Waals surface area contributed by atoms with Crippen molar-refractivity contribution in [2.75, 3.05) is 5.32 Å². The number of nitrogens with one attached hydrogen (secondary N) is 2. The first-order valence-corrected chi connectivity index (χ1v) is 9.55. The van der Waals surface area contributed by atoms with E-state index < -0.39 is 11.7 Å². The van der Waals surface area contributed by atoms with Crippen molar-refractivity contribution in [3.63, 3.8) is 0 Å². The van der Waals surface area contributed by atoms with Crippen LogP contribution < -0.4 is 5.32 Å². The first kappa shape index (κ1) is 18.0. The molecule has 0 unspecified atom stereocenters.